The highest BCUT2D eigenvalue weighted by molar-refractivity contribution is 6.10. The molecular formula is C34H36N8O7. The van der Waals surface area contributed by atoms with Crippen LogP contribution in [-0.4, -0.2) is 58.8 Å². The van der Waals surface area contributed by atoms with E-state index in [4.69, 9.17) is 25.6 Å². The van der Waals surface area contributed by atoms with Gasteiger partial charge in [-0.05, 0) is 53.3 Å². The fourth-order valence-electron chi connectivity index (χ4n) is 5.15. The van der Waals surface area contributed by atoms with Crippen LogP contribution in [0.4, 0.5) is 4.79 Å². The number of piperidine rings is 1. The number of benzene rings is 3. The zero-order valence-corrected chi connectivity index (χ0v) is 27.0. The minimum Gasteiger partial charge on any atom is -0.429 e. The molecule has 1 fully saturated rings. The van der Waals surface area contributed by atoms with E-state index in [-0.39, 0.29) is 31.2 Å². The zero-order valence-electron chi connectivity index (χ0n) is 27.0. The van der Waals surface area contributed by atoms with Crippen LogP contribution in [-0.2, 0) is 45.6 Å². The molecule has 0 saturated carbocycles. The minimum atomic E-state index is -0.937. The van der Waals surface area contributed by atoms with Gasteiger partial charge in [-0.25, -0.2) is 14.6 Å². The third kappa shape index (κ3) is 9.21. The molecule has 15 heteroatoms. The topological polar surface area (TPSA) is 191 Å². The number of carbonyl (C=O) groups is 2. The van der Waals surface area contributed by atoms with E-state index in [1.54, 1.807) is 36.1 Å². The Bertz CT molecular complexity index is 1880. The Morgan fingerprint density at radius 1 is 0.959 bits per heavy atom. The Morgan fingerprint density at radius 2 is 1.67 bits per heavy atom. The van der Waals surface area contributed by atoms with Crippen LogP contribution in [0.2, 0.25) is 0 Å². The van der Waals surface area contributed by atoms with Crippen LogP contribution in [0.15, 0.2) is 101 Å². The number of nitrogens with two attached hydrogens (primary N) is 1. The molecule has 1 aliphatic heterocycles. The van der Waals surface area contributed by atoms with E-state index in [1.165, 1.54) is 0 Å². The van der Waals surface area contributed by atoms with Gasteiger partial charge in [0.1, 0.15) is 12.4 Å². The van der Waals surface area contributed by atoms with Crippen molar-refractivity contribution in [1.29, 1.82) is 0 Å². The third-order valence-corrected chi connectivity index (χ3v) is 7.41. The maximum absolute atomic E-state index is 13.0. The molecule has 0 bridgehead atoms. The standard InChI is InChI=1S/C34H36N8O7/c1-22(2)36-33-28(23(3)35)15-16-31(43)40(33)18-24-11-13-27(14-12-24)29-9-4-5-10-30(29)32-37-39-41(38-32)21-48-34(44)47-19-25-7-6-8-26(17-25)20-49-42(45)46/h4-14,17,45-46H,1,15-16,18-21,35H2,2-3H3/b28-23-,36-33?. The molecule has 15 nitrogen and oxygen atoms in total. The molecule has 2 heterocycles. The monoisotopic (exact) mass is 668 g/mol. The van der Waals surface area contributed by atoms with Gasteiger partial charge in [-0.1, -0.05) is 79.4 Å². The van der Waals surface area contributed by atoms with Gasteiger partial charge in [0.15, 0.2) is 0 Å². The average molecular weight is 669 g/mol. The van der Waals surface area contributed by atoms with Gasteiger partial charge in [0.05, 0.1) is 18.5 Å². The van der Waals surface area contributed by atoms with E-state index < -0.39 is 6.16 Å². The van der Waals surface area contributed by atoms with Crippen molar-refractivity contribution >= 4 is 17.9 Å². The lowest BCUT2D eigenvalue weighted by Gasteiger charge is -2.31. The van der Waals surface area contributed by atoms with Gasteiger partial charge in [-0.15, -0.1) is 15.0 Å². The van der Waals surface area contributed by atoms with Gasteiger partial charge >= 0.3 is 6.16 Å². The van der Waals surface area contributed by atoms with Gasteiger partial charge < -0.3 is 15.2 Å². The summed E-state index contributed by atoms with van der Waals surface area (Å²) in [5.74, 6) is 0.847. The molecule has 0 spiro atoms. The number of allylic oxidation sites excluding steroid dienone is 2. The Labute approximate surface area is 282 Å². The predicted octanol–water partition coefficient (Wildman–Crippen LogP) is 5.12. The average Bonchev–Trinajstić information content (AvgIpc) is 3.56. The van der Waals surface area contributed by atoms with E-state index in [2.05, 4.69) is 31.8 Å². The summed E-state index contributed by atoms with van der Waals surface area (Å²) in [4.78, 5) is 37.1. The fourth-order valence-corrected chi connectivity index (χ4v) is 5.15. The second-order valence-corrected chi connectivity index (χ2v) is 11.2. The summed E-state index contributed by atoms with van der Waals surface area (Å²) < 4.78 is 10.3. The van der Waals surface area contributed by atoms with Gasteiger partial charge in [0.25, 0.3) is 0 Å². The van der Waals surface area contributed by atoms with Crippen LogP contribution in [0.25, 0.3) is 22.5 Å². The van der Waals surface area contributed by atoms with E-state index >= 15 is 0 Å². The minimum absolute atomic E-state index is 0.0256. The van der Waals surface area contributed by atoms with Crippen molar-refractivity contribution < 1.29 is 34.3 Å². The summed E-state index contributed by atoms with van der Waals surface area (Å²) in [5.41, 5.74) is 12.9. The molecule has 254 valence electrons. The number of aromatic nitrogens is 4. The van der Waals surface area contributed by atoms with E-state index in [0.29, 0.717) is 59.1 Å². The lowest BCUT2D eigenvalue weighted by molar-refractivity contribution is -0.497. The Morgan fingerprint density at radius 3 is 2.37 bits per heavy atom. The number of nitrogens with zero attached hydrogens (tertiary/aromatic N) is 7. The Hall–Kier alpha value is -5.74. The van der Waals surface area contributed by atoms with Crippen LogP contribution >= 0.6 is 0 Å². The summed E-state index contributed by atoms with van der Waals surface area (Å²) in [6.07, 6.45) is -0.0413. The number of amides is 1. The second kappa shape index (κ2) is 15.9. The molecular weight excluding hydrogens is 632 g/mol. The molecule has 49 heavy (non-hydrogen) atoms. The number of ether oxygens (including phenoxy) is 2. The van der Waals surface area contributed by atoms with E-state index in [0.717, 1.165) is 27.1 Å². The molecule has 3 aromatic carbocycles. The molecule has 5 rings (SSSR count). The lowest BCUT2D eigenvalue weighted by atomic mass is 9.97. The first-order valence-electron chi connectivity index (χ1n) is 15.2. The summed E-state index contributed by atoms with van der Waals surface area (Å²) in [6.45, 7) is 7.31. The first-order chi connectivity index (χ1) is 23.6. The van der Waals surface area contributed by atoms with Crippen LogP contribution in [0.3, 0.4) is 0 Å². The molecule has 0 unspecified atom stereocenters. The number of carbonyl (C=O) groups excluding carboxylic acids is 2. The normalized spacial score (nSPS) is 15.1. The summed E-state index contributed by atoms with van der Waals surface area (Å²) in [5, 5.41) is 29.6. The number of likely N-dealkylation sites (tertiary alicyclic amines) is 1. The number of hydrogen-bond donors (Lipinski definition) is 3. The van der Waals surface area contributed by atoms with Crippen molar-refractivity contribution in [1.82, 2.24) is 30.5 Å². The molecule has 1 amide bonds. The molecule has 1 aromatic heterocycles. The lowest BCUT2D eigenvalue weighted by Crippen LogP contribution is -2.42. The van der Waals surface area contributed by atoms with Crippen LogP contribution in [0, 0.1) is 0 Å². The second-order valence-electron chi connectivity index (χ2n) is 11.2. The zero-order chi connectivity index (χ0) is 34.9. The number of tetrazole rings is 1. The predicted molar refractivity (Wildman–Crippen MR) is 176 cm³/mol. The SMILES string of the molecule is C=C(C)N=C1/C(=C(/C)N)CCC(=O)N1Cc1ccc(-c2ccccc2-c2nnn(COC(=O)OCc3cccc(CON(O)O)c3)n2)cc1. The highest BCUT2D eigenvalue weighted by Gasteiger charge is 2.29. The maximum Gasteiger partial charge on any atom is 0.510 e. The molecule has 1 saturated heterocycles. The maximum atomic E-state index is 13.0. The Kier molecular flexibility index (Phi) is 11.2. The van der Waals surface area contributed by atoms with Crippen LogP contribution in [0.5, 0.6) is 0 Å². The molecule has 4 aromatic rings. The molecule has 4 N–H and O–H groups in total. The quantitative estimate of drug-likeness (QED) is 0.134. The van der Waals surface area contributed by atoms with Gasteiger partial charge in [0.2, 0.25) is 18.5 Å². The first-order valence-corrected chi connectivity index (χ1v) is 15.2. The van der Waals surface area contributed by atoms with E-state index in [9.17, 15) is 9.59 Å². The number of amidine groups is 1. The van der Waals surface area contributed by atoms with Crippen molar-refractivity contribution in [2.75, 3.05) is 0 Å². The van der Waals surface area contributed by atoms with Gasteiger partial charge in [0, 0.05) is 29.0 Å². The molecule has 0 radical (unpaired) electrons. The number of rotatable bonds is 12. The van der Waals surface area contributed by atoms with Crippen molar-refractivity contribution in [2.24, 2.45) is 10.7 Å². The summed E-state index contributed by atoms with van der Waals surface area (Å²) in [7, 11) is 0. The first kappa shape index (κ1) is 34.6. The van der Waals surface area contributed by atoms with E-state index in [1.807, 2.05) is 55.5 Å². The van der Waals surface area contributed by atoms with Crippen molar-refractivity contribution in [3.8, 4) is 22.5 Å². The van der Waals surface area contributed by atoms with Crippen molar-refractivity contribution in [2.45, 2.75) is 53.2 Å². The molecule has 0 atom stereocenters. The third-order valence-electron chi connectivity index (χ3n) is 7.41. The highest BCUT2D eigenvalue weighted by Crippen LogP contribution is 2.31. The largest absolute Gasteiger partial charge is 0.510 e. The number of hydrogen-bond acceptors (Lipinski definition) is 13. The molecule has 0 aliphatic carbocycles. The number of aliphatic imine (C=N–C) groups is 1. The van der Waals surface area contributed by atoms with Crippen molar-refractivity contribution in [3.63, 3.8) is 0 Å². The van der Waals surface area contributed by atoms with Gasteiger partial charge in [-0.2, -0.15) is 0 Å². The van der Waals surface area contributed by atoms with Crippen molar-refractivity contribution in [3.05, 3.63) is 113 Å². The van der Waals surface area contributed by atoms with Crippen LogP contribution in [0.1, 0.15) is 43.4 Å². The summed E-state index contributed by atoms with van der Waals surface area (Å²) >= 11 is 0. The molecule has 1 aliphatic rings. The smallest absolute Gasteiger partial charge is 0.429 e. The fraction of sp³-hybridized carbons (Fsp3) is 0.235. The summed E-state index contributed by atoms with van der Waals surface area (Å²) in [6, 6.07) is 22.2. The highest BCUT2D eigenvalue weighted by atomic mass is 17.1. The van der Waals surface area contributed by atoms with Gasteiger partial charge in [-0.3, -0.25) is 20.1 Å². The van der Waals surface area contributed by atoms with Crippen LogP contribution < -0.4 is 5.73 Å². The Balaban J connectivity index is 1.22.